The number of aryl methyl sites for hydroxylation is 1. The van der Waals surface area contributed by atoms with Gasteiger partial charge in [-0.1, -0.05) is 17.7 Å². The smallest absolute Gasteiger partial charge is 0.274 e. The molecule has 2 aromatic heterocycles. The second kappa shape index (κ2) is 7.79. The second-order valence-corrected chi connectivity index (χ2v) is 6.06. The molecule has 0 aliphatic rings. The Morgan fingerprint density at radius 2 is 1.67 bits per heavy atom. The molecule has 0 saturated heterocycles. The summed E-state index contributed by atoms with van der Waals surface area (Å²) in [6, 6.07) is 8.04. The van der Waals surface area contributed by atoms with Gasteiger partial charge in [-0.05, 0) is 36.8 Å². The molecule has 0 aliphatic carbocycles. The maximum atomic E-state index is 12.5. The number of benzene rings is 1. The average molecular weight is 383 g/mol. The number of carbonyl (C=O) groups is 2. The van der Waals surface area contributed by atoms with E-state index >= 15 is 0 Å². The minimum Gasteiger partial charge on any atom is -0.368 e. The largest absolute Gasteiger partial charge is 0.368 e. The first-order chi connectivity index (χ1) is 12.9. The SMILES string of the molecule is Cc1ccc(NC(=O)c2cc(Cl)ccn2)cc1C(=O)Nc1cnc(N)nc1. The van der Waals surface area contributed by atoms with E-state index in [1.165, 1.54) is 24.7 Å². The first kappa shape index (κ1) is 18.3. The molecule has 0 fully saturated rings. The molecule has 2 heterocycles. The lowest BCUT2D eigenvalue weighted by Crippen LogP contribution is -2.16. The molecule has 0 bridgehead atoms. The van der Waals surface area contributed by atoms with Crippen LogP contribution in [0, 0.1) is 6.92 Å². The molecule has 27 heavy (non-hydrogen) atoms. The summed E-state index contributed by atoms with van der Waals surface area (Å²) in [6.07, 6.45) is 4.26. The van der Waals surface area contributed by atoms with Crippen LogP contribution in [0.4, 0.5) is 17.3 Å². The number of pyridine rings is 1. The summed E-state index contributed by atoms with van der Waals surface area (Å²) >= 11 is 5.88. The number of rotatable bonds is 4. The Morgan fingerprint density at radius 3 is 2.37 bits per heavy atom. The third-order valence-electron chi connectivity index (χ3n) is 3.62. The molecule has 3 rings (SSSR count). The van der Waals surface area contributed by atoms with Crippen LogP contribution in [-0.4, -0.2) is 26.8 Å². The van der Waals surface area contributed by atoms with Crippen molar-refractivity contribution < 1.29 is 9.59 Å². The van der Waals surface area contributed by atoms with Gasteiger partial charge in [-0.2, -0.15) is 0 Å². The highest BCUT2D eigenvalue weighted by molar-refractivity contribution is 6.31. The fourth-order valence-electron chi connectivity index (χ4n) is 2.27. The Balaban J connectivity index is 1.78. The van der Waals surface area contributed by atoms with Crippen LogP contribution in [0.1, 0.15) is 26.4 Å². The molecular formula is C18H15ClN6O2. The third kappa shape index (κ3) is 4.56. The van der Waals surface area contributed by atoms with Crippen LogP contribution in [-0.2, 0) is 0 Å². The molecule has 1 aromatic carbocycles. The maximum absolute atomic E-state index is 12.5. The molecule has 9 heteroatoms. The van der Waals surface area contributed by atoms with Gasteiger partial charge in [0.05, 0.1) is 18.1 Å². The standard InChI is InChI=1S/C18H15ClN6O2/c1-10-2-3-12(24-17(27)15-6-11(19)4-5-21-15)7-14(10)16(26)25-13-8-22-18(20)23-9-13/h2-9H,1H3,(H,24,27)(H,25,26)(H2,20,22,23). The molecule has 0 aliphatic heterocycles. The van der Waals surface area contributed by atoms with E-state index in [9.17, 15) is 9.59 Å². The number of nitrogens with zero attached hydrogens (tertiary/aromatic N) is 3. The van der Waals surface area contributed by atoms with E-state index in [4.69, 9.17) is 17.3 Å². The van der Waals surface area contributed by atoms with Gasteiger partial charge in [0.2, 0.25) is 5.95 Å². The van der Waals surface area contributed by atoms with E-state index < -0.39 is 5.91 Å². The van der Waals surface area contributed by atoms with Gasteiger partial charge in [0.25, 0.3) is 11.8 Å². The number of halogens is 1. The highest BCUT2D eigenvalue weighted by Gasteiger charge is 2.13. The van der Waals surface area contributed by atoms with Crippen LogP contribution >= 0.6 is 11.6 Å². The molecule has 8 nitrogen and oxygen atoms in total. The Labute approximate surface area is 159 Å². The van der Waals surface area contributed by atoms with Gasteiger partial charge >= 0.3 is 0 Å². The molecule has 136 valence electrons. The fraction of sp³-hybridized carbons (Fsp3) is 0.0556. The minimum atomic E-state index is -0.431. The van der Waals surface area contributed by atoms with Crippen LogP contribution in [0.25, 0.3) is 0 Å². The van der Waals surface area contributed by atoms with Crippen molar-refractivity contribution in [3.8, 4) is 0 Å². The maximum Gasteiger partial charge on any atom is 0.274 e. The monoisotopic (exact) mass is 382 g/mol. The van der Waals surface area contributed by atoms with Crippen molar-refractivity contribution in [2.75, 3.05) is 16.4 Å². The molecule has 2 amide bonds. The topological polar surface area (TPSA) is 123 Å². The van der Waals surface area contributed by atoms with Gasteiger partial charge in [0.1, 0.15) is 5.69 Å². The summed E-state index contributed by atoms with van der Waals surface area (Å²) in [5, 5.41) is 5.79. The summed E-state index contributed by atoms with van der Waals surface area (Å²) in [5.74, 6) is -0.680. The Morgan fingerprint density at radius 1 is 0.963 bits per heavy atom. The van der Waals surface area contributed by atoms with Crippen molar-refractivity contribution in [1.29, 1.82) is 0 Å². The minimum absolute atomic E-state index is 0.114. The molecule has 0 atom stereocenters. The Hall–Kier alpha value is -3.52. The van der Waals surface area contributed by atoms with Crippen molar-refractivity contribution in [2.45, 2.75) is 6.92 Å². The van der Waals surface area contributed by atoms with E-state index in [0.29, 0.717) is 22.0 Å². The van der Waals surface area contributed by atoms with Crippen molar-refractivity contribution in [3.63, 3.8) is 0 Å². The normalized spacial score (nSPS) is 10.3. The highest BCUT2D eigenvalue weighted by atomic mass is 35.5. The zero-order valence-corrected chi connectivity index (χ0v) is 15.0. The molecule has 0 unspecified atom stereocenters. The molecule has 0 spiro atoms. The van der Waals surface area contributed by atoms with Crippen molar-refractivity contribution in [2.24, 2.45) is 0 Å². The predicted molar refractivity (Wildman–Crippen MR) is 103 cm³/mol. The Kier molecular flexibility index (Phi) is 5.28. The average Bonchev–Trinajstić information content (AvgIpc) is 2.65. The summed E-state index contributed by atoms with van der Waals surface area (Å²) < 4.78 is 0. The lowest BCUT2D eigenvalue weighted by molar-refractivity contribution is 0.101. The summed E-state index contributed by atoms with van der Waals surface area (Å²) in [6.45, 7) is 1.79. The highest BCUT2D eigenvalue weighted by Crippen LogP contribution is 2.18. The van der Waals surface area contributed by atoms with E-state index in [-0.39, 0.29) is 17.5 Å². The van der Waals surface area contributed by atoms with Gasteiger partial charge in [-0.15, -0.1) is 0 Å². The number of nitrogens with two attached hydrogens (primary N) is 1. The molecule has 0 radical (unpaired) electrons. The predicted octanol–water partition coefficient (Wildman–Crippen LogP) is 2.92. The van der Waals surface area contributed by atoms with Crippen molar-refractivity contribution in [1.82, 2.24) is 15.0 Å². The molecule has 3 aromatic rings. The van der Waals surface area contributed by atoms with E-state index in [0.717, 1.165) is 5.56 Å². The number of hydrogen-bond donors (Lipinski definition) is 3. The van der Waals surface area contributed by atoms with Gasteiger partial charge in [0.15, 0.2) is 0 Å². The van der Waals surface area contributed by atoms with Crippen LogP contribution in [0.3, 0.4) is 0 Å². The number of aromatic nitrogens is 3. The van der Waals surface area contributed by atoms with Crippen LogP contribution in [0.15, 0.2) is 48.9 Å². The first-order valence-corrected chi connectivity index (χ1v) is 8.22. The van der Waals surface area contributed by atoms with Crippen LogP contribution in [0.5, 0.6) is 0 Å². The number of carbonyl (C=O) groups excluding carboxylic acids is 2. The van der Waals surface area contributed by atoms with Gasteiger partial charge in [-0.3, -0.25) is 14.6 Å². The fourth-order valence-corrected chi connectivity index (χ4v) is 2.43. The molecule has 4 N–H and O–H groups in total. The molecule has 0 saturated carbocycles. The molecular weight excluding hydrogens is 368 g/mol. The summed E-state index contributed by atoms with van der Waals surface area (Å²) in [4.78, 5) is 36.4. The number of hydrogen-bond acceptors (Lipinski definition) is 6. The van der Waals surface area contributed by atoms with Crippen molar-refractivity contribution in [3.05, 3.63) is 70.8 Å². The number of nitrogen functional groups attached to an aromatic ring is 1. The van der Waals surface area contributed by atoms with E-state index in [1.807, 2.05) is 0 Å². The van der Waals surface area contributed by atoms with E-state index in [1.54, 1.807) is 31.2 Å². The quantitative estimate of drug-likeness (QED) is 0.637. The lowest BCUT2D eigenvalue weighted by atomic mass is 10.1. The number of anilines is 3. The Bertz CT molecular complexity index is 1010. The van der Waals surface area contributed by atoms with Gasteiger partial charge in [0, 0.05) is 22.5 Å². The van der Waals surface area contributed by atoms with Crippen LogP contribution < -0.4 is 16.4 Å². The van der Waals surface area contributed by atoms with Crippen LogP contribution in [0.2, 0.25) is 5.02 Å². The summed E-state index contributed by atoms with van der Waals surface area (Å²) in [5.41, 5.74) is 7.59. The third-order valence-corrected chi connectivity index (χ3v) is 3.86. The first-order valence-electron chi connectivity index (χ1n) is 7.85. The van der Waals surface area contributed by atoms with Crippen molar-refractivity contribution >= 4 is 40.7 Å². The van der Waals surface area contributed by atoms with E-state index in [2.05, 4.69) is 25.6 Å². The number of nitrogens with one attached hydrogen (secondary N) is 2. The lowest BCUT2D eigenvalue weighted by Gasteiger charge is -2.11. The van der Waals surface area contributed by atoms with Gasteiger partial charge in [-0.25, -0.2) is 9.97 Å². The van der Waals surface area contributed by atoms with Gasteiger partial charge < -0.3 is 16.4 Å². The summed E-state index contributed by atoms with van der Waals surface area (Å²) in [7, 11) is 0. The zero-order chi connectivity index (χ0) is 19.4. The number of amides is 2. The second-order valence-electron chi connectivity index (χ2n) is 5.63. The zero-order valence-electron chi connectivity index (χ0n) is 14.2.